The van der Waals surface area contributed by atoms with Crippen LogP contribution in [0.15, 0.2) is 51.7 Å². The summed E-state index contributed by atoms with van der Waals surface area (Å²) in [5.41, 5.74) is 6.21. The predicted molar refractivity (Wildman–Crippen MR) is 118 cm³/mol. The largest absolute Gasteiger partial charge is 0.322 e. The van der Waals surface area contributed by atoms with Crippen molar-refractivity contribution in [3.8, 4) is 0 Å². The summed E-state index contributed by atoms with van der Waals surface area (Å²) < 4.78 is 1.01. The molecule has 0 unspecified atom stereocenters. The monoisotopic (exact) mass is 451 g/mol. The number of halogens is 1. The van der Waals surface area contributed by atoms with Gasteiger partial charge in [0, 0.05) is 27.7 Å². The number of hydrogen-bond donors (Lipinski definition) is 2. The zero-order valence-electron chi connectivity index (χ0n) is 16.2. The third-order valence-corrected chi connectivity index (χ3v) is 6.25. The predicted octanol–water partition coefficient (Wildman–Crippen LogP) is 4.56. The summed E-state index contributed by atoms with van der Waals surface area (Å²) in [7, 11) is 0. The molecule has 0 radical (unpaired) electrons. The third kappa shape index (κ3) is 4.32. The van der Waals surface area contributed by atoms with Gasteiger partial charge in [-0.3, -0.25) is 9.59 Å². The first kappa shape index (κ1) is 19.6. The molecule has 1 aromatic heterocycles. The highest BCUT2D eigenvalue weighted by Gasteiger charge is 2.18. The van der Waals surface area contributed by atoms with Crippen molar-refractivity contribution in [2.24, 2.45) is 0 Å². The molecule has 1 aliphatic rings. The molecule has 0 saturated carbocycles. The second-order valence-corrected chi connectivity index (χ2v) is 8.31. The number of amides is 1. The highest BCUT2D eigenvalue weighted by atomic mass is 79.9. The van der Waals surface area contributed by atoms with Crippen LogP contribution in [-0.2, 0) is 19.3 Å². The van der Waals surface area contributed by atoms with E-state index in [1.807, 2.05) is 43.3 Å². The SMILES string of the molecule is Cc1cc(NC(=O)c2cccc(Cc3n[nH]c(=O)c4c3CCCC4)c2)ccc1Br. The Morgan fingerprint density at radius 3 is 2.72 bits per heavy atom. The minimum Gasteiger partial charge on any atom is -0.322 e. The topological polar surface area (TPSA) is 74.8 Å². The number of fused-ring (bicyclic) bond motifs is 1. The number of aryl methyl sites for hydroxylation is 1. The van der Waals surface area contributed by atoms with Gasteiger partial charge in [0.25, 0.3) is 11.5 Å². The van der Waals surface area contributed by atoms with E-state index in [0.717, 1.165) is 63.8 Å². The summed E-state index contributed by atoms with van der Waals surface area (Å²) in [5, 5.41) is 9.90. The molecule has 1 aliphatic carbocycles. The van der Waals surface area contributed by atoms with Crippen molar-refractivity contribution in [3.05, 3.63) is 90.8 Å². The molecule has 0 atom stereocenters. The summed E-state index contributed by atoms with van der Waals surface area (Å²) in [4.78, 5) is 24.8. The van der Waals surface area contributed by atoms with Crippen LogP contribution in [0, 0.1) is 6.92 Å². The first-order chi connectivity index (χ1) is 14.0. The van der Waals surface area contributed by atoms with E-state index in [1.54, 1.807) is 6.07 Å². The lowest BCUT2D eigenvalue weighted by atomic mass is 9.90. The number of hydrogen-bond acceptors (Lipinski definition) is 3. The van der Waals surface area contributed by atoms with Gasteiger partial charge >= 0.3 is 0 Å². The first-order valence-corrected chi connectivity index (χ1v) is 10.6. The van der Waals surface area contributed by atoms with Crippen molar-refractivity contribution in [1.82, 2.24) is 10.2 Å². The Balaban J connectivity index is 1.55. The smallest absolute Gasteiger partial charge is 0.267 e. The van der Waals surface area contributed by atoms with Gasteiger partial charge in [0.15, 0.2) is 0 Å². The summed E-state index contributed by atoms with van der Waals surface area (Å²) >= 11 is 3.47. The Kier molecular flexibility index (Phi) is 5.62. The van der Waals surface area contributed by atoms with E-state index in [4.69, 9.17) is 0 Å². The van der Waals surface area contributed by atoms with E-state index in [0.29, 0.717) is 12.0 Å². The van der Waals surface area contributed by atoms with Gasteiger partial charge in [-0.25, -0.2) is 5.10 Å². The average molecular weight is 452 g/mol. The average Bonchev–Trinajstić information content (AvgIpc) is 2.73. The van der Waals surface area contributed by atoms with Crippen LogP contribution in [0.1, 0.15) is 51.1 Å². The van der Waals surface area contributed by atoms with Crippen LogP contribution in [-0.4, -0.2) is 16.1 Å². The molecule has 0 saturated heterocycles. The molecule has 148 valence electrons. The highest BCUT2D eigenvalue weighted by Crippen LogP contribution is 2.23. The van der Waals surface area contributed by atoms with Crippen molar-refractivity contribution in [3.63, 3.8) is 0 Å². The van der Waals surface area contributed by atoms with Gasteiger partial charge < -0.3 is 5.32 Å². The van der Waals surface area contributed by atoms with Crippen molar-refractivity contribution >= 4 is 27.5 Å². The molecular formula is C23H22BrN3O2. The number of nitrogens with zero attached hydrogens (tertiary/aromatic N) is 1. The molecule has 5 nitrogen and oxygen atoms in total. The number of carbonyl (C=O) groups excluding carboxylic acids is 1. The van der Waals surface area contributed by atoms with Crippen molar-refractivity contribution in [1.29, 1.82) is 0 Å². The van der Waals surface area contributed by atoms with E-state index in [-0.39, 0.29) is 11.5 Å². The van der Waals surface area contributed by atoms with Crippen LogP contribution in [0.2, 0.25) is 0 Å². The Bertz CT molecular complexity index is 1140. The summed E-state index contributed by atoms with van der Waals surface area (Å²) in [5.74, 6) is -0.148. The fraction of sp³-hybridized carbons (Fsp3) is 0.261. The summed E-state index contributed by atoms with van der Waals surface area (Å²) in [6.07, 6.45) is 4.43. The number of anilines is 1. The Labute approximate surface area is 177 Å². The van der Waals surface area contributed by atoms with Crippen LogP contribution in [0.25, 0.3) is 0 Å². The van der Waals surface area contributed by atoms with E-state index in [9.17, 15) is 9.59 Å². The summed E-state index contributed by atoms with van der Waals surface area (Å²) in [6.45, 7) is 1.98. The number of aromatic nitrogens is 2. The number of rotatable bonds is 4. The van der Waals surface area contributed by atoms with Crippen molar-refractivity contribution < 1.29 is 4.79 Å². The molecule has 0 fully saturated rings. The van der Waals surface area contributed by atoms with Gasteiger partial charge in [-0.2, -0.15) is 5.10 Å². The van der Waals surface area contributed by atoms with Gasteiger partial charge in [0.1, 0.15) is 0 Å². The fourth-order valence-electron chi connectivity index (χ4n) is 3.82. The zero-order chi connectivity index (χ0) is 20.4. The lowest BCUT2D eigenvalue weighted by molar-refractivity contribution is 0.102. The minimum absolute atomic E-state index is 0.0682. The Morgan fingerprint density at radius 1 is 1.14 bits per heavy atom. The maximum atomic E-state index is 12.7. The normalized spacial score (nSPS) is 13.0. The molecular weight excluding hydrogens is 430 g/mol. The fourth-order valence-corrected chi connectivity index (χ4v) is 4.06. The molecule has 4 rings (SSSR count). The molecule has 3 aromatic rings. The highest BCUT2D eigenvalue weighted by molar-refractivity contribution is 9.10. The number of aromatic amines is 1. The number of benzene rings is 2. The molecule has 0 aliphatic heterocycles. The summed E-state index contributed by atoms with van der Waals surface area (Å²) in [6, 6.07) is 13.3. The van der Waals surface area contributed by atoms with Crippen molar-refractivity contribution in [2.75, 3.05) is 5.32 Å². The third-order valence-electron chi connectivity index (χ3n) is 5.36. The second kappa shape index (κ2) is 8.33. The number of nitrogens with one attached hydrogen (secondary N) is 2. The Hall–Kier alpha value is -2.73. The Morgan fingerprint density at radius 2 is 1.93 bits per heavy atom. The van der Waals surface area contributed by atoms with Crippen LogP contribution >= 0.6 is 15.9 Å². The molecule has 2 N–H and O–H groups in total. The zero-order valence-corrected chi connectivity index (χ0v) is 17.8. The lowest BCUT2D eigenvalue weighted by Gasteiger charge is -2.17. The van der Waals surface area contributed by atoms with Crippen molar-refractivity contribution in [2.45, 2.75) is 39.0 Å². The minimum atomic E-state index is -0.148. The first-order valence-electron chi connectivity index (χ1n) is 9.77. The molecule has 6 heteroatoms. The van der Waals surface area contributed by atoms with Crippen LogP contribution in [0.4, 0.5) is 5.69 Å². The van der Waals surface area contributed by atoms with Crippen LogP contribution < -0.4 is 10.9 Å². The molecule has 2 aromatic carbocycles. The van der Waals surface area contributed by atoms with Gasteiger partial charge in [-0.15, -0.1) is 0 Å². The maximum Gasteiger partial charge on any atom is 0.267 e. The van der Waals surface area contributed by atoms with Crippen LogP contribution in [0.5, 0.6) is 0 Å². The van der Waals surface area contributed by atoms with Crippen LogP contribution in [0.3, 0.4) is 0 Å². The van der Waals surface area contributed by atoms with E-state index in [2.05, 4.69) is 31.4 Å². The molecule has 1 heterocycles. The van der Waals surface area contributed by atoms with E-state index in [1.165, 1.54) is 0 Å². The van der Waals surface area contributed by atoms with E-state index < -0.39 is 0 Å². The van der Waals surface area contributed by atoms with Gasteiger partial charge in [0.2, 0.25) is 0 Å². The standard InChI is InChI=1S/C23H22BrN3O2/c1-14-11-17(9-10-20(14)24)25-22(28)16-6-4-5-15(12-16)13-21-18-7-2-3-8-19(18)23(29)27-26-21/h4-6,9-12H,2-3,7-8,13H2,1H3,(H,25,28)(H,27,29). The molecule has 29 heavy (non-hydrogen) atoms. The number of carbonyl (C=O) groups is 1. The van der Waals surface area contributed by atoms with Gasteiger partial charge in [-0.05, 0) is 79.6 Å². The molecule has 1 amide bonds. The van der Waals surface area contributed by atoms with Gasteiger partial charge in [-0.1, -0.05) is 28.1 Å². The quantitative estimate of drug-likeness (QED) is 0.610. The lowest BCUT2D eigenvalue weighted by Crippen LogP contribution is -2.23. The molecule has 0 bridgehead atoms. The van der Waals surface area contributed by atoms with E-state index >= 15 is 0 Å². The maximum absolute atomic E-state index is 12.7. The van der Waals surface area contributed by atoms with Gasteiger partial charge in [0.05, 0.1) is 5.69 Å². The molecule has 0 spiro atoms. The second-order valence-electron chi connectivity index (χ2n) is 7.46. The number of H-pyrrole nitrogens is 1.